The molecule has 5 rings (SSSR count). The average molecular weight is 448 g/mol. The van der Waals surface area contributed by atoms with Gasteiger partial charge in [-0.3, -0.25) is 9.69 Å². The smallest absolute Gasteiger partial charge is 0.238 e. The summed E-state index contributed by atoms with van der Waals surface area (Å²) in [5.41, 5.74) is 4.38. The molecule has 0 aliphatic carbocycles. The van der Waals surface area contributed by atoms with Crippen LogP contribution in [0.1, 0.15) is 0 Å². The second kappa shape index (κ2) is 9.08. The van der Waals surface area contributed by atoms with Crippen molar-refractivity contribution in [2.45, 2.75) is 0 Å². The number of nitrogens with one attached hydrogen (secondary N) is 1. The summed E-state index contributed by atoms with van der Waals surface area (Å²) >= 11 is 6.47. The second-order valence-corrected chi connectivity index (χ2v) is 7.98. The van der Waals surface area contributed by atoms with Gasteiger partial charge in [-0.1, -0.05) is 41.9 Å². The predicted octanol–water partition coefficient (Wildman–Crippen LogP) is 4.01. The molecule has 0 spiro atoms. The van der Waals surface area contributed by atoms with E-state index < -0.39 is 0 Å². The molecule has 0 unspecified atom stereocenters. The van der Waals surface area contributed by atoms with Crippen molar-refractivity contribution < 1.29 is 9.53 Å². The van der Waals surface area contributed by atoms with Crippen LogP contribution in [0.3, 0.4) is 0 Å². The largest absolute Gasteiger partial charge is 0.379 e. The van der Waals surface area contributed by atoms with E-state index in [1.807, 2.05) is 65.4 Å². The van der Waals surface area contributed by atoms with Gasteiger partial charge >= 0.3 is 0 Å². The van der Waals surface area contributed by atoms with Crippen LogP contribution >= 0.6 is 11.6 Å². The summed E-state index contributed by atoms with van der Waals surface area (Å²) in [6, 6.07) is 17.7. The Morgan fingerprint density at radius 1 is 1.03 bits per heavy atom. The highest BCUT2D eigenvalue weighted by Gasteiger charge is 2.17. The van der Waals surface area contributed by atoms with Crippen LogP contribution in [0.15, 0.2) is 67.1 Å². The number of halogens is 1. The molecular weight excluding hydrogens is 426 g/mol. The van der Waals surface area contributed by atoms with Gasteiger partial charge in [0.2, 0.25) is 5.91 Å². The van der Waals surface area contributed by atoms with Gasteiger partial charge < -0.3 is 14.6 Å². The molecule has 3 heterocycles. The maximum absolute atomic E-state index is 12.4. The number of hydrogen-bond acceptors (Lipinski definition) is 5. The fourth-order valence-corrected chi connectivity index (χ4v) is 4.15. The highest BCUT2D eigenvalue weighted by molar-refractivity contribution is 6.35. The number of ether oxygens (including phenoxy) is 1. The maximum atomic E-state index is 12.4. The summed E-state index contributed by atoms with van der Waals surface area (Å²) < 4.78 is 7.34. The number of fused-ring (bicyclic) bond motifs is 1. The summed E-state index contributed by atoms with van der Waals surface area (Å²) in [4.78, 5) is 23.1. The molecule has 1 amide bonds. The Kier molecular flexibility index (Phi) is 5.85. The summed E-state index contributed by atoms with van der Waals surface area (Å²) in [5.74, 6) is -0.0308. The molecule has 32 heavy (non-hydrogen) atoms. The number of amides is 1. The van der Waals surface area contributed by atoms with Crippen LogP contribution in [0.25, 0.3) is 27.8 Å². The number of hydrogen-bond donors (Lipinski definition) is 1. The summed E-state index contributed by atoms with van der Waals surface area (Å²) in [7, 11) is 0. The molecule has 1 aliphatic rings. The lowest BCUT2D eigenvalue weighted by Crippen LogP contribution is -2.41. The Morgan fingerprint density at radius 3 is 2.53 bits per heavy atom. The van der Waals surface area contributed by atoms with Gasteiger partial charge in [0.25, 0.3) is 0 Å². The van der Waals surface area contributed by atoms with E-state index in [0.29, 0.717) is 24.9 Å². The van der Waals surface area contributed by atoms with Crippen molar-refractivity contribution in [3.8, 4) is 16.8 Å². The molecule has 0 bridgehead atoms. The number of nitrogens with zero attached hydrogens (tertiary/aromatic N) is 4. The molecule has 7 nitrogen and oxygen atoms in total. The van der Waals surface area contributed by atoms with Crippen molar-refractivity contribution >= 4 is 34.2 Å². The van der Waals surface area contributed by atoms with Crippen molar-refractivity contribution in [1.82, 2.24) is 19.4 Å². The zero-order chi connectivity index (χ0) is 21.9. The van der Waals surface area contributed by atoms with Gasteiger partial charge in [-0.2, -0.15) is 0 Å². The Hall–Kier alpha value is -3.26. The number of benzene rings is 2. The first-order valence-corrected chi connectivity index (χ1v) is 10.8. The monoisotopic (exact) mass is 447 g/mol. The number of aromatic nitrogens is 3. The minimum atomic E-state index is -0.0308. The number of anilines is 1. The Balaban J connectivity index is 1.41. The first-order chi connectivity index (χ1) is 15.7. The lowest BCUT2D eigenvalue weighted by molar-refractivity contribution is -0.118. The van der Waals surface area contributed by atoms with E-state index in [-0.39, 0.29) is 5.91 Å². The van der Waals surface area contributed by atoms with Crippen LogP contribution in [0.2, 0.25) is 5.15 Å². The molecule has 1 N–H and O–H groups in total. The Labute approximate surface area is 190 Å². The molecule has 1 aliphatic heterocycles. The van der Waals surface area contributed by atoms with Crippen LogP contribution in [-0.2, 0) is 9.53 Å². The number of carbonyl (C=O) groups excluding carboxylic acids is 1. The van der Waals surface area contributed by atoms with Crippen molar-refractivity contribution in [2.24, 2.45) is 0 Å². The topological polar surface area (TPSA) is 72.3 Å². The molecular formula is C24H22ClN5O2. The first-order valence-electron chi connectivity index (χ1n) is 10.5. The standard InChI is InChI=1S/C24H22ClN5O2/c25-23-22-20(14-30(24(22)27-16-26-23)19-4-2-1-3-5-19)17-6-8-18(9-7-17)28-21(31)15-29-10-12-32-13-11-29/h1-9,14,16H,10-13,15H2,(H,28,31). The molecule has 0 atom stereocenters. The number of morpholine rings is 1. The number of para-hydroxylation sites is 1. The fraction of sp³-hybridized carbons (Fsp3) is 0.208. The van der Waals surface area contributed by atoms with Gasteiger partial charge in [-0.25, -0.2) is 9.97 Å². The minimum Gasteiger partial charge on any atom is -0.379 e. The Bertz CT molecular complexity index is 1230. The van der Waals surface area contributed by atoms with Crippen molar-refractivity contribution in [1.29, 1.82) is 0 Å². The zero-order valence-corrected chi connectivity index (χ0v) is 18.1. The third-order valence-corrected chi connectivity index (χ3v) is 5.81. The van der Waals surface area contributed by atoms with Crippen LogP contribution < -0.4 is 5.32 Å². The normalized spacial score (nSPS) is 14.5. The predicted molar refractivity (Wildman–Crippen MR) is 125 cm³/mol. The minimum absolute atomic E-state index is 0.0308. The Morgan fingerprint density at radius 2 is 1.78 bits per heavy atom. The van der Waals surface area contributed by atoms with Crippen molar-refractivity contribution in [2.75, 3.05) is 38.2 Å². The molecule has 8 heteroatoms. The second-order valence-electron chi connectivity index (χ2n) is 7.63. The molecule has 4 aromatic rings. The van der Waals surface area contributed by atoms with E-state index in [0.717, 1.165) is 46.6 Å². The lowest BCUT2D eigenvalue weighted by Gasteiger charge is -2.25. The number of rotatable bonds is 5. The summed E-state index contributed by atoms with van der Waals surface area (Å²) in [6.45, 7) is 3.26. The van der Waals surface area contributed by atoms with Crippen LogP contribution in [-0.4, -0.2) is 58.2 Å². The van der Waals surface area contributed by atoms with E-state index in [2.05, 4.69) is 20.2 Å². The van der Waals surface area contributed by atoms with Gasteiger partial charge in [0.05, 0.1) is 25.1 Å². The van der Waals surface area contributed by atoms with Gasteiger partial charge in [0.1, 0.15) is 17.1 Å². The molecule has 0 saturated carbocycles. The van der Waals surface area contributed by atoms with Crippen molar-refractivity contribution in [3.05, 3.63) is 72.3 Å². The molecule has 1 saturated heterocycles. The van der Waals surface area contributed by atoms with Crippen LogP contribution in [0.4, 0.5) is 5.69 Å². The third kappa shape index (κ3) is 4.23. The highest BCUT2D eigenvalue weighted by Crippen LogP contribution is 2.35. The van der Waals surface area contributed by atoms with Crippen LogP contribution in [0, 0.1) is 0 Å². The maximum Gasteiger partial charge on any atom is 0.238 e. The first kappa shape index (κ1) is 20.6. The number of carbonyl (C=O) groups is 1. The molecule has 0 radical (unpaired) electrons. The quantitative estimate of drug-likeness (QED) is 0.468. The van der Waals surface area contributed by atoms with Crippen LogP contribution in [0.5, 0.6) is 0 Å². The molecule has 1 fully saturated rings. The van der Waals surface area contributed by atoms with Crippen molar-refractivity contribution in [3.63, 3.8) is 0 Å². The third-order valence-electron chi connectivity index (χ3n) is 5.52. The highest BCUT2D eigenvalue weighted by atomic mass is 35.5. The molecule has 2 aromatic carbocycles. The van der Waals surface area contributed by atoms with E-state index in [1.165, 1.54) is 6.33 Å². The van der Waals surface area contributed by atoms with E-state index >= 15 is 0 Å². The van der Waals surface area contributed by atoms with Gasteiger partial charge in [0.15, 0.2) is 0 Å². The fourth-order valence-electron chi connectivity index (χ4n) is 3.92. The molecule has 2 aromatic heterocycles. The van der Waals surface area contributed by atoms with E-state index in [9.17, 15) is 4.79 Å². The van der Waals surface area contributed by atoms with Gasteiger partial charge in [-0.15, -0.1) is 0 Å². The average Bonchev–Trinajstić information content (AvgIpc) is 3.22. The zero-order valence-electron chi connectivity index (χ0n) is 17.4. The van der Waals surface area contributed by atoms with Gasteiger partial charge in [0, 0.05) is 36.2 Å². The summed E-state index contributed by atoms with van der Waals surface area (Å²) in [6.07, 6.45) is 3.49. The summed E-state index contributed by atoms with van der Waals surface area (Å²) in [5, 5.41) is 4.17. The molecule has 162 valence electrons. The SMILES string of the molecule is O=C(CN1CCOCC1)Nc1ccc(-c2cn(-c3ccccc3)c3ncnc(Cl)c23)cc1. The lowest BCUT2D eigenvalue weighted by atomic mass is 10.1. The van der Waals surface area contributed by atoms with Gasteiger partial charge in [-0.05, 0) is 29.8 Å². The van der Waals surface area contributed by atoms with E-state index in [1.54, 1.807) is 0 Å². The van der Waals surface area contributed by atoms with E-state index in [4.69, 9.17) is 16.3 Å².